The SMILES string of the molecule is CC(=O)Nc1ccc(NC(=O)[C@H](C)OC(=O)Cc2ccc(Cl)cc2Cl)cc1. The largest absolute Gasteiger partial charge is 0.452 e. The van der Waals surface area contributed by atoms with Crippen molar-refractivity contribution in [2.45, 2.75) is 26.4 Å². The monoisotopic (exact) mass is 408 g/mol. The van der Waals surface area contributed by atoms with Crippen molar-refractivity contribution >= 4 is 52.4 Å². The number of amides is 2. The fourth-order valence-electron chi connectivity index (χ4n) is 2.20. The van der Waals surface area contributed by atoms with Crippen LogP contribution in [0.1, 0.15) is 19.4 Å². The first-order chi connectivity index (χ1) is 12.7. The van der Waals surface area contributed by atoms with Gasteiger partial charge in [-0.25, -0.2) is 0 Å². The minimum absolute atomic E-state index is 0.0704. The predicted octanol–water partition coefficient (Wildman–Crippen LogP) is 4.06. The Morgan fingerprint density at radius 3 is 2.15 bits per heavy atom. The van der Waals surface area contributed by atoms with E-state index in [0.29, 0.717) is 27.0 Å². The molecule has 0 heterocycles. The Morgan fingerprint density at radius 1 is 1.00 bits per heavy atom. The number of esters is 1. The minimum atomic E-state index is -0.987. The fraction of sp³-hybridized carbons (Fsp3) is 0.211. The van der Waals surface area contributed by atoms with Gasteiger partial charge in [0.2, 0.25) is 5.91 Å². The first-order valence-electron chi connectivity index (χ1n) is 8.06. The van der Waals surface area contributed by atoms with Crippen molar-refractivity contribution in [2.24, 2.45) is 0 Å². The lowest BCUT2D eigenvalue weighted by atomic mass is 10.1. The van der Waals surface area contributed by atoms with Crippen LogP contribution in [0.2, 0.25) is 10.0 Å². The lowest BCUT2D eigenvalue weighted by Gasteiger charge is -2.14. The number of benzene rings is 2. The van der Waals surface area contributed by atoms with E-state index in [1.807, 2.05) is 0 Å². The van der Waals surface area contributed by atoms with Crippen molar-refractivity contribution in [3.63, 3.8) is 0 Å². The molecule has 0 aliphatic rings. The maximum atomic E-state index is 12.2. The second-order valence-electron chi connectivity index (χ2n) is 5.79. The van der Waals surface area contributed by atoms with E-state index in [1.54, 1.807) is 36.4 Å². The van der Waals surface area contributed by atoms with Crippen LogP contribution in [-0.2, 0) is 25.5 Å². The maximum Gasteiger partial charge on any atom is 0.311 e. The van der Waals surface area contributed by atoms with Gasteiger partial charge in [0.15, 0.2) is 6.10 Å². The summed E-state index contributed by atoms with van der Waals surface area (Å²) in [5.74, 6) is -1.24. The van der Waals surface area contributed by atoms with Gasteiger partial charge >= 0.3 is 5.97 Å². The summed E-state index contributed by atoms with van der Waals surface area (Å²) in [4.78, 5) is 35.2. The molecule has 0 saturated heterocycles. The first kappa shape index (κ1) is 20.7. The summed E-state index contributed by atoms with van der Waals surface area (Å²) >= 11 is 11.8. The van der Waals surface area contributed by atoms with E-state index in [9.17, 15) is 14.4 Å². The molecule has 6 nitrogen and oxygen atoms in total. The molecule has 142 valence electrons. The maximum absolute atomic E-state index is 12.2. The predicted molar refractivity (Wildman–Crippen MR) is 105 cm³/mol. The molecule has 0 unspecified atom stereocenters. The zero-order valence-electron chi connectivity index (χ0n) is 14.7. The second kappa shape index (κ2) is 9.39. The third-order valence-electron chi connectivity index (χ3n) is 3.50. The third-order valence-corrected chi connectivity index (χ3v) is 4.09. The Hall–Kier alpha value is -2.57. The van der Waals surface area contributed by atoms with E-state index in [0.717, 1.165) is 0 Å². The van der Waals surface area contributed by atoms with Crippen molar-refractivity contribution in [3.05, 3.63) is 58.1 Å². The summed E-state index contributed by atoms with van der Waals surface area (Å²) in [5, 5.41) is 6.09. The molecular weight excluding hydrogens is 391 g/mol. The molecular formula is C19H18Cl2N2O4. The Labute approximate surface area is 166 Å². The number of anilines is 2. The van der Waals surface area contributed by atoms with Gasteiger partial charge in [0, 0.05) is 28.3 Å². The van der Waals surface area contributed by atoms with Crippen LogP contribution in [-0.4, -0.2) is 23.9 Å². The van der Waals surface area contributed by atoms with Gasteiger partial charge < -0.3 is 15.4 Å². The molecule has 0 aliphatic carbocycles. The van der Waals surface area contributed by atoms with E-state index in [2.05, 4.69) is 10.6 Å². The van der Waals surface area contributed by atoms with Crippen molar-refractivity contribution in [1.29, 1.82) is 0 Å². The molecule has 0 saturated carbocycles. The molecule has 27 heavy (non-hydrogen) atoms. The summed E-state index contributed by atoms with van der Waals surface area (Å²) in [6, 6.07) is 11.3. The summed E-state index contributed by atoms with van der Waals surface area (Å²) in [5.41, 5.74) is 1.69. The number of hydrogen-bond acceptors (Lipinski definition) is 4. The molecule has 2 rings (SSSR count). The third kappa shape index (κ3) is 6.58. The zero-order valence-corrected chi connectivity index (χ0v) is 16.2. The molecule has 2 N–H and O–H groups in total. The van der Waals surface area contributed by atoms with E-state index in [-0.39, 0.29) is 12.3 Å². The van der Waals surface area contributed by atoms with Gasteiger partial charge in [-0.2, -0.15) is 0 Å². The van der Waals surface area contributed by atoms with Crippen LogP contribution in [0.25, 0.3) is 0 Å². The summed E-state index contributed by atoms with van der Waals surface area (Å²) in [7, 11) is 0. The van der Waals surface area contributed by atoms with Crippen molar-refractivity contribution in [1.82, 2.24) is 0 Å². The highest BCUT2D eigenvalue weighted by Crippen LogP contribution is 2.22. The molecule has 1 atom stereocenters. The number of nitrogens with one attached hydrogen (secondary N) is 2. The Kier molecular flexibility index (Phi) is 7.21. The van der Waals surface area contributed by atoms with Gasteiger partial charge in [-0.1, -0.05) is 29.3 Å². The highest BCUT2D eigenvalue weighted by molar-refractivity contribution is 6.35. The normalized spacial score (nSPS) is 11.4. The molecule has 0 aliphatic heterocycles. The van der Waals surface area contributed by atoms with Gasteiger partial charge in [0.05, 0.1) is 6.42 Å². The number of ether oxygens (including phenoxy) is 1. The summed E-state index contributed by atoms with van der Waals surface area (Å²) < 4.78 is 5.15. The van der Waals surface area contributed by atoms with E-state index < -0.39 is 18.0 Å². The standard InChI is InChI=1S/C19H18Cl2N2O4/c1-11(27-18(25)9-13-3-4-14(20)10-17(13)21)19(26)23-16-7-5-15(6-8-16)22-12(2)24/h3-8,10-11H,9H2,1-2H3,(H,22,24)(H,23,26)/t11-/m0/s1. The van der Waals surface area contributed by atoms with Gasteiger partial charge in [-0.15, -0.1) is 0 Å². The van der Waals surface area contributed by atoms with Crippen LogP contribution in [0.3, 0.4) is 0 Å². The average Bonchev–Trinajstić information content (AvgIpc) is 2.58. The molecule has 0 fully saturated rings. The number of rotatable bonds is 6. The van der Waals surface area contributed by atoms with Crippen LogP contribution in [0.15, 0.2) is 42.5 Å². The highest BCUT2D eigenvalue weighted by Gasteiger charge is 2.19. The zero-order chi connectivity index (χ0) is 20.0. The topological polar surface area (TPSA) is 84.5 Å². The van der Waals surface area contributed by atoms with Gasteiger partial charge in [-0.05, 0) is 48.9 Å². The number of halogens is 2. The second-order valence-corrected chi connectivity index (χ2v) is 6.64. The number of carbonyl (C=O) groups excluding carboxylic acids is 3. The lowest BCUT2D eigenvalue weighted by molar-refractivity contribution is -0.152. The van der Waals surface area contributed by atoms with Gasteiger partial charge in [0.1, 0.15) is 0 Å². The van der Waals surface area contributed by atoms with E-state index in [1.165, 1.54) is 19.9 Å². The van der Waals surface area contributed by atoms with Gasteiger partial charge in [0.25, 0.3) is 5.91 Å². The summed E-state index contributed by atoms with van der Waals surface area (Å²) in [6.45, 7) is 2.88. The molecule has 0 radical (unpaired) electrons. The number of carbonyl (C=O) groups is 3. The molecule has 8 heteroatoms. The average molecular weight is 409 g/mol. The first-order valence-corrected chi connectivity index (χ1v) is 8.82. The van der Waals surface area contributed by atoms with Crippen LogP contribution >= 0.6 is 23.2 Å². The summed E-state index contributed by atoms with van der Waals surface area (Å²) in [6.07, 6.45) is -1.06. The minimum Gasteiger partial charge on any atom is -0.452 e. The smallest absolute Gasteiger partial charge is 0.311 e. The van der Waals surface area contributed by atoms with Crippen molar-refractivity contribution in [2.75, 3.05) is 10.6 Å². The molecule has 0 aromatic heterocycles. The van der Waals surface area contributed by atoms with Gasteiger partial charge in [-0.3, -0.25) is 14.4 Å². The molecule has 2 aromatic carbocycles. The lowest BCUT2D eigenvalue weighted by Crippen LogP contribution is -2.30. The number of hydrogen-bond donors (Lipinski definition) is 2. The van der Waals surface area contributed by atoms with E-state index >= 15 is 0 Å². The highest BCUT2D eigenvalue weighted by atomic mass is 35.5. The fourth-order valence-corrected chi connectivity index (χ4v) is 2.67. The molecule has 0 bridgehead atoms. The quantitative estimate of drug-likeness (QED) is 0.705. The van der Waals surface area contributed by atoms with Crippen molar-refractivity contribution in [3.8, 4) is 0 Å². The van der Waals surface area contributed by atoms with Crippen LogP contribution in [0, 0.1) is 0 Å². The van der Waals surface area contributed by atoms with Crippen molar-refractivity contribution < 1.29 is 19.1 Å². The van der Waals surface area contributed by atoms with Crippen LogP contribution in [0.5, 0.6) is 0 Å². The Morgan fingerprint density at radius 2 is 1.59 bits per heavy atom. The van der Waals surface area contributed by atoms with Crippen LogP contribution < -0.4 is 10.6 Å². The van der Waals surface area contributed by atoms with E-state index in [4.69, 9.17) is 27.9 Å². The Balaban J connectivity index is 1.89. The molecule has 2 amide bonds. The molecule has 2 aromatic rings. The van der Waals surface area contributed by atoms with Crippen LogP contribution in [0.4, 0.5) is 11.4 Å². The molecule has 0 spiro atoms. The Bertz CT molecular complexity index is 853.